The Balaban J connectivity index is 2.99. The van der Waals surface area contributed by atoms with Crippen molar-refractivity contribution < 1.29 is 0 Å². The van der Waals surface area contributed by atoms with Crippen molar-refractivity contribution in [1.29, 1.82) is 0 Å². The van der Waals surface area contributed by atoms with Gasteiger partial charge < -0.3 is 0 Å². The van der Waals surface area contributed by atoms with Crippen molar-refractivity contribution in [1.82, 2.24) is 3.98 Å². The molecule has 1 heterocycles. The number of aromatic amines is 1. The monoisotopic (exact) mass is 325 g/mol. The fourth-order valence-corrected chi connectivity index (χ4v) is 2.91. The predicted molar refractivity (Wildman–Crippen MR) is 54.2 cm³/mol. The van der Waals surface area contributed by atoms with Gasteiger partial charge in [-0.2, -0.15) is 0 Å². The zero-order chi connectivity index (χ0) is 7.84. The number of halogens is 1. The van der Waals surface area contributed by atoms with Crippen LogP contribution in [0.25, 0.3) is 9.65 Å². The average molecular weight is 324 g/mol. The second-order valence-corrected chi connectivity index (χ2v) is 5.20. The molecule has 1 aromatic heterocycles. The van der Waals surface area contributed by atoms with E-state index in [0.29, 0.717) is 0 Å². The topological polar surface area (TPSA) is 32.9 Å². The van der Waals surface area contributed by atoms with Crippen molar-refractivity contribution in [2.75, 3.05) is 0 Å². The SMILES string of the molecule is O=c1[nH][se]c2ccc(I)cc12. The van der Waals surface area contributed by atoms with Gasteiger partial charge >= 0.3 is 83.1 Å². The molecule has 0 saturated carbocycles. The van der Waals surface area contributed by atoms with Crippen LogP contribution in [0.1, 0.15) is 0 Å². The summed E-state index contributed by atoms with van der Waals surface area (Å²) in [6.07, 6.45) is 0. The first-order valence-electron chi connectivity index (χ1n) is 3.04. The van der Waals surface area contributed by atoms with Gasteiger partial charge in [-0.1, -0.05) is 0 Å². The predicted octanol–water partition coefficient (Wildman–Crippen LogP) is 1.19. The molecule has 0 spiro atoms. The van der Waals surface area contributed by atoms with Crippen LogP contribution in [0, 0.1) is 3.57 Å². The Kier molecular flexibility index (Phi) is 1.91. The standard InChI is InChI=1S/C7H4INOSe/c8-4-1-2-6-5(3-4)7(10)9-11-6/h1-3H,(H,9,10). The van der Waals surface area contributed by atoms with Crippen molar-refractivity contribution in [2.24, 2.45) is 0 Å². The zero-order valence-corrected chi connectivity index (χ0v) is 9.30. The molecule has 2 aromatic rings. The number of benzene rings is 1. The van der Waals surface area contributed by atoms with Crippen molar-refractivity contribution in [3.05, 3.63) is 32.1 Å². The molecule has 0 saturated heterocycles. The first kappa shape index (κ1) is 7.58. The number of fused-ring (bicyclic) bond motifs is 1. The Labute approximate surface area is 82.7 Å². The molecule has 0 radical (unpaired) electrons. The van der Waals surface area contributed by atoms with Gasteiger partial charge in [0.15, 0.2) is 0 Å². The molecule has 2 nitrogen and oxygen atoms in total. The fourth-order valence-electron chi connectivity index (χ4n) is 0.925. The van der Waals surface area contributed by atoms with Crippen LogP contribution in [0.4, 0.5) is 0 Å². The van der Waals surface area contributed by atoms with E-state index in [4.69, 9.17) is 0 Å². The van der Waals surface area contributed by atoms with Crippen LogP contribution >= 0.6 is 22.6 Å². The second kappa shape index (κ2) is 2.77. The third-order valence-electron chi connectivity index (χ3n) is 1.44. The summed E-state index contributed by atoms with van der Waals surface area (Å²) in [6.45, 7) is 0. The van der Waals surface area contributed by atoms with Crippen LogP contribution in [-0.4, -0.2) is 18.7 Å². The normalized spacial score (nSPS) is 10.6. The van der Waals surface area contributed by atoms with E-state index < -0.39 is 0 Å². The van der Waals surface area contributed by atoms with E-state index in [9.17, 15) is 4.79 Å². The number of rotatable bonds is 0. The Morgan fingerprint density at radius 1 is 1.45 bits per heavy atom. The summed E-state index contributed by atoms with van der Waals surface area (Å²) in [5, 5.41) is 0.858. The molecule has 1 N–H and O–H groups in total. The quantitative estimate of drug-likeness (QED) is 0.573. The number of aromatic nitrogens is 1. The van der Waals surface area contributed by atoms with Crippen LogP contribution in [0.2, 0.25) is 0 Å². The number of hydrogen-bond acceptors (Lipinski definition) is 1. The summed E-state index contributed by atoms with van der Waals surface area (Å²) in [5.74, 6) is 0. The Bertz CT molecular complexity index is 445. The molecular formula is C7H4INOSe. The van der Waals surface area contributed by atoms with Gasteiger partial charge in [0.1, 0.15) is 0 Å². The molecule has 0 aliphatic heterocycles. The first-order valence-corrected chi connectivity index (χ1v) is 5.83. The van der Waals surface area contributed by atoms with Crippen molar-refractivity contribution >= 4 is 47.0 Å². The minimum atomic E-state index is 0.0820. The maximum absolute atomic E-state index is 11.1. The summed E-state index contributed by atoms with van der Waals surface area (Å²) in [6, 6.07) is 5.98. The van der Waals surface area contributed by atoms with E-state index in [1.54, 1.807) is 0 Å². The minimum absolute atomic E-state index is 0.0820. The maximum atomic E-state index is 11.1. The molecule has 0 amide bonds. The van der Waals surface area contributed by atoms with Gasteiger partial charge in [-0.3, -0.25) is 0 Å². The van der Waals surface area contributed by atoms with Gasteiger partial charge in [0, 0.05) is 0 Å². The van der Waals surface area contributed by atoms with Crippen LogP contribution in [-0.2, 0) is 0 Å². The van der Waals surface area contributed by atoms with Crippen LogP contribution in [0.3, 0.4) is 0 Å². The van der Waals surface area contributed by atoms with Crippen LogP contribution in [0.15, 0.2) is 23.0 Å². The van der Waals surface area contributed by atoms with Crippen LogP contribution < -0.4 is 5.56 Å². The zero-order valence-electron chi connectivity index (χ0n) is 5.43. The van der Waals surface area contributed by atoms with Gasteiger partial charge in [-0.25, -0.2) is 0 Å². The summed E-state index contributed by atoms with van der Waals surface area (Å²) < 4.78 is 5.12. The molecule has 0 fully saturated rings. The molecular weight excluding hydrogens is 320 g/mol. The Hall–Kier alpha value is -0.0605. The summed E-state index contributed by atoms with van der Waals surface area (Å²) in [5.41, 5.74) is 0.0820. The first-order chi connectivity index (χ1) is 5.27. The molecule has 11 heavy (non-hydrogen) atoms. The van der Waals surface area contributed by atoms with Gasteiger partial charge in [0.05, 0.1) is 0 Å². The number of hydrogen-bond donors (Lipinski definition) is 1. The summed E-state index contributed by atoms with van der Waals surface area (Å²) in [4.78, 5) is 11.1. The van der Waals surface area contributed by atoms with E-state index in [0.717, 1.165) is 8.96 Å². The Morgan fingerprint density at radius 3 is 3.09 bits per heavy atom. The summed E-state index contributed by atoms with van der Waals surface area (Å²) in [7, 11) is 0. The van der Waals surface area contributed by atoms with Gasteiger partial charge in [-0.15, -0.1) is 0 Å². The van der Waals surface area contributed by atoms with Gasteiger partial charge in [0.2, 0.25) is 0 Å². The van der Waals surface area contributed by atoms with Crippen molar-refractivity contribution in [2.45, 2.75) is 0 Å². The van der Waals surface area contributed by atoms with Gasteiger partial charge in [0.25, 0.3) is 0 Å². The molecule has 56 valence electrons. The van der Waals surface area contributed by atoms with E-state index >= 15 is 0 Å². The van der Waals surface area contributed by atoms with E-state index in [2.05, 4.69) is 26.6 Å². The Morgan fingerprint density at radius 2 is 2.27 bits per heavy atom. The van der Waals surface area contributed by atoms with E-state index in [1.165, 1.54) is 4.26 Å². The molecule has 0 aliphatic rings. The third-order valence-corrected chi connectivity index (χ3v) is 3.92. The van der Waals surface area contributed by atoms with Crippen molar-refractivity contribution in [3.63, 3.8) is 0 Å². The van der Waals surface area contributed by atoms with E-state index in [1.807, 2.05) is 18.2 Å². The van der Waals surface area contributed by atoms with Crippen LogP contribution in [0.5, 0.6) is 0 Å². The van der Waals surface area contributed by atoms with Crippen molar-refractivity contribution in [3.8, 4) is 0 Å². The molecule has 0 aliphatic carbocycles. The van der Waals surface area contributed by atoms with E-state index in [-0.39, 0.29) is 20.3 Å². The molecule has 2 rings (SSSR count). The third kappa shape index (κ3) is 1.30. The molecule has 0 bridgehead atoms. The molecule has 4 heteroatoms. The fraction of sp³-hybridized carbons (Fsp3) is 0. The average Bonchev–Trinajstić information content (AvgIpc) is 2.33. The number of H-pyrrole nitrogens is 1. The second-order valence-electron chi connectivity index (χ2n) is 2.17. The van der Waals surface area contributed by atoms with Gasteiger partial charge in [-0.05, 0) is 0 Å². The number of nitrogens with one attached hydrogen (secondary N) is 1. The summed E-state index contributed by atoms with van der Waals surface area (Å²) >= 11 is 2.37. The molecule has 0 atom stereocenters. The molecule has 0 unspecified atom stereocenters. The molecule has 1 aromatic carbocycles.